The van der Waals surface area contributed by atoms with Crippen LogP contribution >= 0.6 is 0 Å². The van der Waals surface area contributed by atoms with Gasteiger partial charge in [-0.2, -0.15) is 0 Å². The standard InChI is InChI=1S/C31H18N2/c1-17-7-4-14-26-29(17)22-12-6-11-21-24-15-23-20-10-5-9-19-18-8-2-3-13-25(18)32(30(19)20)27(23)16-28(24)33(26)31(21)22/h2-16H,1H3. The van der Waals surface area contributed by atoms with Crippen molar-refractivity contribution < 1.29 is 0 Å². The summed E-state index contributed by atoms with van der Waals surface area (Å²) >= 11 is 0. The zero-order chi connectivity index (χ0) is 21.4. The monoisotopic (exact) mass is 418 g/mol. The van der Waals surface area contributed by atoms with E-state index in [-0.39, 0.29) is 0 Å². The van der Waals surface area contributed by atoms with Crippen molar-refractivity contribution >= 4 is 76.2 Å². The number of aryl methyl sites for hydroxylation is 1. The van der Waals surface area contributed by atoms with Gasteiger partial charge in [0.1, 0.15) is 0 Å². The molecule has 0 spiro atoms. The number of rotatable bonds is 0. The molecular formula is C31H18N2. The van der Waals surface area contributed by atoms with Crippen molar-refractivity contribution in [2.75, 3.05) is 0 Å². The largest absolute Gasteiger partial charge is 0.308 e. The Morgan fingerprint density at radius 1 is 0.424 bits per heavy atom. The van der Waals surface area contributed by atoms with Crippen molar-refractivity contribution in [3.8, 4) is 0 Å². The van der Waals surface area contributed by atoms with Gasteiger partial charge in [0.25, 0.3) is 0 Å². The third kappa shape index (κ3) is 1.67. The second-order valence-corrected chi connectivity index (χ2v) is 9.45. The molecule has 2 nitrogen and oxygen atoms in total. The van der Waals surface area contributed by atoms with Crippen LogP contribution in [0.15, 0.2) is 91.0 Å². The summed E-state index contributed by atoms with van der Waals surface area (Å²) in [4.78, 5) is 0. The van der Waals surface area contributed by atoms with E-state index in [2.05, 4.69) is 107 Å². The molecule has 0 bridgehead atoms. The molecule has 0 fully saturated rings. The molecule has 0 atom stereocenters. The first kappa shape index (κ1) is 16.3. The van der Waals surface area contributed by atoms with Crippen molar-refractivity contribution in [2.45, 2.75) is 6.92 Å². The van der Waals surface area contributed by atoms with Crippen LogP contribution in [0.1, 0.15) is 5.56 Å². The predicted molar refractivity (Wildman–Crippen MR) is 140 cm³/mol. The Morgan fingerprint density at radius 2 is 0.970 bits per heavy atom. The van der Waals surface area contributed by atoms with Crippen LogP contribution < -0.4 is 0 Å². The topological polar surface area (TPSA) is 8.82 Å². The summed E-state index contributed by atoms with van der Waals surface area (Å²) < 4.78 is 4.97. The van der Waals surface area contributed by atoms with Crippen molar-refractivity contribution in [3.63, 3.8) is 0 Å². The van der Waals surface area contributed by atoms with E-state index >= 15 is 0 Å². The lowest BCUT2D eigenvalue weighted by molar-refractivity contribution is 1.35. The van der Waals surface area contributed by atoms with Gasteiger partial charge in [-0.15, -0.1) is 0 Å². The normalized spacial score (nSPS) is 13.0. The fourth-order valence-electron chi connectivity index (χ4n) is 6.63. The highest BCUT2D eigenvalue weighted by molar-refractivity contribution is 6.29. The zero-order valence-electron chi connectivity index (χ0n) is 18.1. The van der Waals surface area contributed by atoms with Gasteiger partial charge in [-0.3, -0.25) is 0 Å². The molecule has 0 N–H and O–H groups in total. The second-order valence-electron chi connectivity index (χ2n) is 9.45. The zero-order valence-corrected chi connectivity index (χ0v) is 18.1. The fourth-order valence-corrected chi connectivity index (χ4v) is 6.63. The maximum atomic E-state index is 2.49. The molecular weight excluding hydrogens is 400 g/mol. The van der Waals surface area contributed by atoms with E-state index in [0.717, 1.165) is 0 Å². The maximum absolute atomic E-state index is 2.49. The summed E-state index contributed by atoms with van der Waals surface area (Å²) in [6, 6.07) is 33.9. The smallest absolute Gasteiger partial charge is 0.0620 e. The summed E-state index contributed by atoms with van der Waals surface area (Å²) in [5, 5.41) is 10.7. The van der Waals surface area contributed by atoms with Gasteiger partial charge >= 0.3 is 0 Å². The molecule has 4 aromatic heterocycles. The first-order valence-corrected chi connectivity index (χ1v) is 11.6. The molecule has 0 aliphatic heterocycles. The Kier molecular flexibility index (Phi) is 2.57. The number of aromatic nitrogens is 2. The summed E-state index contributed by atoms with van der Waals surface area (Å²) in [7, 11) is 0. The highest BCUT2D eigenvalue weighted by Crippen LogP contribution is 2.44. The van der Waals surface area contributed by atoms with Crippen LogP contribution in [0.2, 0.25) is 0 Å². The van der Waals surface area contributed by atoms with Gasteiger partial charge in [0.2, 0.25) is 0 Å². The van der Waals surface area contributed by atoms with Crippen LogP contribution in [0.3, 0.4) is 0 Å². The molecule has 5 aromatic carbocycles. The summed E-state index contributed by atoms with van der Waals surface area (Å²) in [5.74, 6) is 0. The fraction of sp³-hybridized carbons (Fsp3) is 0.0323. The van der Waals surface area contributed by atoms with Gasteiger partial charge in [-0.05, 0) is 36.8 Å². The average Bonchev–Trinajstić information content (AvgIpc) is 3.56. The number of nitrogens with zero attached hydrogens (tertiary/aromatic N) is 2. The van der Waals surface area contributed by atoms with Gasteiger partial charge < -0.3 is 8.80 Å². The Labute approximate surface area is 188 Å². The molecule has 0 aliphatic rings. The molecule has 152 valence electrons. The van der Waals surface area contributed by atoms with E-state index in [1.165, 1.54) is 81.8 Å². The molecule has 0 unspecified atom stereocenters. The summed E-state index contributed by atoms with van der Waals surface area (Å²) in [6.07, 6.45) is 0. The second kappa shape index (κ2) is 5.19. The Bertz CT molecular complexity index is 2240. The minimum Gasteiger partial charge on any atom is -0.308 e. The van der Waals surface area contributed by atoms with Crippen LogP contribution in [0.5, 0.6) is 0 Å². The van der Waals surface area contributed by atoms with Crippen LogP contribution in [-0.2, 0) is 0 Å². The highest BCUT2D eigenvalue weighted by Gasteiger charge is 2.22. The van der Waals surface area contributed by atoms with Gasteiger partial charge in [0.05, 0.1) is 33.1 Å². The lowest BCUT2D eigenvalue weighted by Gasteiger charge is -2.02. The molecule has 0 saturated carbocycles. The summed E-state index contributed by atoms with van der Waals surface area (Å²) in [5.41, 5.74) is 9.18. The van der Waals surface area contributed by atoms with Gasteiger partial charge in [-0.1, -0.05) is 66.7 Å². The third-order valence-corrected chi connectivity index (χ3v) is 7.89. The van der Waals surface area contributed by atoms with E-state index in [1.54, 1.807) is 0 Å². The lowest BCUT2D eigenvalue weighted by Crippen LogP contribution is -1.84. The number of hydrogen-bond donors (Lipinski definition) is 0. The SMILES string of the molecule is Cc1cccc2c1c1cccc3c4cc5c6cccc7c8ccccc8n(c5cc4n2c31)c76. The molecule has 0 aliphatic carbocycles. The molecule has 2 heteroatoms. The molecule has 33 heavy (non-hydrogen) atoms. The van der Waals surface area contributed by atoms with E-state index in [4.69, 9.17) is 0 Å². The van der Waals surface area contributed by atoms with Crippen molar-refractivity contribution in [1.29, 1.82) is 0 Å². The highest BCUT2D eigenvalue weighted by atomic mass is 14.9. The van der Waals surface area contributed by atoms with Gasteiger partial charge in [0.15, 0.2) is 0 Å². The van der Waals surface area contributed by atoms with Crippen molar-refractivity contribution in [1.82, 2.24) is 8.80 Å². The van der Waals surface area contributed by atoms with Crippen molar-refractivity contribution in [3.05, 3.63) is 96.6 Å². The Hall–Kier alpha value is -4.30. The minimum atomic E-state index is 1.28. The molecule has 9 aromatic rings. The van der Waals surface area contributed by atoms with E-state index < -0.39 is 0 Å². The molecule has 0 radical (unpaired) electrons. The van der Waals surface area contributed by atoms with Gasteiger partial charge in [0, 0.05) is 43.1 Å². The summed E-state index contributed by atoms with van der Waals surface area (Å²) in [6.45, 7) is 2.23. The van der Waals surface area contributed by atoms with E-state index in [0.29, 0.717) is 0 Å². The predicted octanol–water partition coefficient (Wildman–Crippen LogP) is 8.30. The average molecular weight is 418 g/mol. The van der Waals surface area contributed by atoms with E-state index in [9.17, 15) is 0 Å². The maximum Gasteiger partial charge on any atom is 0.0620 e. The van der Waals surface area contributed by atoms with E-state index in [1.807, 2.05) is 0 Å². The van der Waals surface area contributed by atoms with Crippen molar-refractivity contribution in [2.24, 2.45) is 0 Å². The molecule has 4 heterocycles. The van der Waals surface area contributed by atoms with Gasteiger partial charge in [-0.25, -0.2) is 0 Å². The molecule has 9 rings (SSSR count). The molecule has 0 saturated heterocycles. The number of hydrogen-bond acceptors (Lipinski definition) is 0. The molecule has 0 amide bonds. The number of benzene rings is 5. The van der Waals surface area contributed by atoms with Crippen LogP contribution in [0, 0.1) is 6.92 Å². The number of fused-ring (bicyclic) bond motifs is 12. The van der Waals surface area contributed by atoms with Crippen LogP contribution in [-0.4, -0.2) is 8.80 Å². The third-order valence-electron chi connectivity index (χ3n) is 7.89. The Morgan fingerprint density at radius 3 is 1.76 bits per heavy atom. The quantitative estimate of drug-likeness (QED) is 0.234. The van der Waals surface area contributed by atoms with Crippen LogP contribution in [0.25, 0.3) is 76.2 Å². The lowest BCUT2D eigenvalue weighted by atomic mass is 10.0. The Balaban J connectivity index is 1.63. The first-order valence-electron chi connectivity index (χ1n) is 11.6. The minimum absolute atomic E-state index is 1.28. The number of para-hydroxylation sites is 3. The first-order chi connectivity index (χ1) is 16.3. The van der Waals surface area contributed by atoms with Crippen LogP contribution in [0.4, 0.5) is 0 Å².